The predicted molar refractivity (Wildman–Crippen MR) is 108 cm³/mol. The third-order valence-corrected chi connectivity index (χ3v) is 5.41. The van der Waals surface area contributed by atoms with Gasteiger partial charge in [-0.2, -0.15) is 0 Å². The van der Waals surface area contributed by atoms with Gasteiger partial charge in [-0.15, -0.1) is 0 Å². The molecule has 0 atom stereocenters. The third-order valence-electron chi connectivity index (χ3n) is 4.88. The van der Waals surface area contributed by atoms with E-state index in [0.717, 1.165) is 21.3 Å². The average molecular weight is 431 g/mol. The number of carbonyl (C=O) groups is 2. The average Bonchev–Trinajstić information content (AvgIpc) is 2.67. The maximum absolute atomic E-state index is 13.2. The van der Waals surface area contributed by atoms with Crippen molar-refractivity contribution >= 4 is 33.4 Å². The van der Waals surface area contributed by atoms with Gasteiger partial charge < -0.3 is 15.4 Å². The van der Waals surface area contributed by atoms with Gasteiger partial charge in [0.15, 0.2) is 0 Å². The minimum atomic E-state index is -0.575. The number of nitrogens with one attached hydrogen (secondary N) is 2. The lowest BCUT2D eigenvalue weighted by Crippen LogP contribution is -2.47. The first-order chi connectivity index (χ1) is 13.0. The van der Waals surface area contributed by atoms with E-state index in [0.29, 0.717) is 32.6 Å². The quantitative estimate of drug-likeness (QED) is 0.758. The van der Waals surface area contributed by atoms with Gasteiger partial charge in [-0.1, -0.05) is 40.2 Å². The minimum Gasteiger partial charge on any atom is -0.381 e. The van der Waals surface area contributed by atoms with Crippen molar-refractivity contribution in [1.29, 1.82) is 0 Å². The maximum Gasteiger partial charge on any atom is 0.231 e. The SMILES string of the molecule is CC(=O)Nc1cccc(CNC(=O)C2(c3ccc(Br)cc3)CCOCC2)c1. The van der Waals surface area contributed by atoms with E-state index < -0.39 is 5.41 Å². The molecule has 0 aromatic heterocycles. The molecule has 0 spiro atoms. The molecule has 0 unspecified atom stereocenters. The number of ether oxygens (including phenoxy) is 1. The van der Waals surface area contributed by atoms with Gasteiger partial charge in [-0.25, -0.2) is 0 Å². The Balaban J connectivity index is 1.75. The zero-order valence-corrected chi connectivity index (χ0v) is 16.8. The fourth-order valence-electron chi connectivity index (χ4n) is 3.45. The van der Waals surface area contributed by atoms with Crippen LogP contribution >= 0.6 is 15.9 Å². The molecule has 1 heterocycles. The van der Waals surface area contributed by atoms with Gasteiger partial charge in [0, 0.05) is 36.8 Å². The number of benzene rings is 2. The van der Waals surface area contributed by atoms with Gasteiger partial charge in [0.25, 0.3) is 0 Å². The molecular formula is C21H23BrN2O3. The summed E-state index contributed by atoms with van der Waals surface area (Å²) < 4.78 is 6.50. The smallest absolute Gasteiger partial charge is 0.231 e. The Hall–Kier alpha value is -2.18. The van der Waals surface area contributed by atoms with Crippen LogP contribution in [-0.4, -0.2) is 25.0 Å². The Morgan fingerprint density at radius 2 is 1.81 bits per heavy atom. The Labute approximate surface area is 167 Å². The van der Waals surface area contributed by atoms with Gasteiger partial charge in [0.2, 0.25) is 11.8 Å². The summed E-state index contributed by atoms with van der Waals surface area (Å²) in [4.78, 5) is 24.4. The summed E-state index contributed by atoms with van der Waals surface area (Å²) in [5.41, 5.74) is 2.10. The molecule has 27 heavy (non-hydrogen) atoms. The molecule has 2 amide bonds. The third kappa shape index (κ3) is 4.76. The van der Waals surface area contributed by atoms with Crippen LogP contribution in [0.15, 0.2) is 53.0 Å². The lowest BCUT2D eigenvalue weighted by Gasteiger charge is -2.36. The van der Waals surface area contributed by atoms with Crippen LogP contribution in [0, 0.1) is 0 Å². The van der Waals surface area contributed by atoms with E-state index in [9.17, 15) is 9.59 Å². The zero-order valence-electron chi connectivity index (χ0n) is 15.3. The molecule has 1 saturated heterocycles. The van der Waals surface area contributed by atoms with E-state index in [1.165, 1.54) is 6.92 Å². The summed E-state index contributed by atoms with van der Waals surface area (Å²) in [6, 6.07) is 15.5. The zero-order chi connectivity index (χ0) is 19.3. The minimum absolute atomic E-state index is 0.0121. The highest BCUT2D eigenvalue weighted by atomic mass is 79.9. The highest BCUT2D eigenvalue weighted by molar-refractivity contribution is 9.10. The molecule has 0 aliphatic carbocycles. The van der Waals surface area contributed by atoms with Gasteiger partial charge in [0.1, 0.15) is 0 Å². The first-order valence-corrected chi connectivity index (χ1v) is 9.77. The van der Waals surface area contributed by atoms with Crippen LogP contribution in [-0.2, 0) is 26.3 Å². The van der Waals surface area contributed by atoms with Crippen molar-refractivity contribution in [2.24, 2.45) is 0 Å². The highest BCUT2D eigenvalue weighted by Crippen LogP contribution is 2.36. The van der Waals surface area contributed by atoms with Crippen LogP contribution in [0.4, 0.5) is 5.69 Å². The van der Waals surface area contributed by atoms with Crippen LogP contribution in [0.1, 0.15) is 30.9 Å². The van der Waals surface area contributed by atoms with E-state index in [2.05, 4.69) is 26.6 Å². The molecule has 0 radical (unpaired) electrons. The van der Waals surface area contributed by atoms with Crippen LogP contribution in [0.3, 0.4) is 0 Å². The van der Waals surface area contributed by atoms with Gasteiger partial charge in [-0.05, 0) is 48.2 Å². The van der Waals surface area contributed by atoms with Crippen molar-refractivity contribution in [3.63, 3.8) is 0 Å². The Kier molecular flexibility index (Phi) is 6.29. The number of anilines is 1. The second-order valence-corrected chi connectivity index (χ2v) is 7.68. The summed E-state index contributed by atoms with van der Waals surface area (Å²) in [6.07, 6.45) is 1.32. The molecule has 5 nitrogen and oxygen atoms in total. The molecule has 1 aliphatic rings. The highest BCUT2D eigenvalue weighted by Gasteiger charge is 2.41. The molecular weight excluding hydrogens is 408 g/mol. The molecule has 2 aromatic rings. The Morgan fingerprint density at radius 3 is 2.48 bits per heavy atom. The van der Waals surface area contributed by atoms with Crippen LogP contribution < -0.4 is 10.6 Å². The molecule has 6 heteroatoms. The van der Waals surface area contributed by atoms with E-state index >= 15 is 0 Å². The van der Waals surface area contributed by atoms with Crippen molar-refractivity contribution in [3.05, 3.63) is 64.1 Å². The summed E-state index contributed by atoms with van der Waals surface area (Å²) in [7, 11) is 0. The maximum atomic E-state index is 13.2. The molecule has 1 fully saturated rings. The lowest BCUT2D eigenvalue weighted by atomic mass is 9.73. The number of carbonyl (C=O) groups excluding carboxylic acids is 2. The molecule has 0 saturated carbocycles. The predicted octanol–water partition coefficient (Wildman–Crippen LogP) is 3.77. The van der Waals surface area contributed by atoms with Crippen LogP contribution in [0.5, 0.6) is 0 Å². The first kappa shape index (κ1) is 19.6. The fraction of sp³-hybridized carbons (Fsp3) is 0.333. The van der Waals surface area contributed by atoms with E-state index in [-0.39, 0.29) is 11.8 Å². The molecule has 2 aromatic carbocycles. The van der Waals surface area contributed by atoms with E-state index in [4.69, 9.17) is 4.74 Å². The molecule has 0 bridgehead atoms. The molecule has 3 rings (SSSR count). The first-order valence-electron chi connectivity index (χ1n) is 8.98. The van der Waals surface area contributed by atoms with Crippen molar-refractivity contribution in [3.8, 4) is 0 Å². The van der Waals surface area contributed by atoms with Gasteiger partial charge in [0.05, 0.1) is 5.41 Å². The number of rotatable bonds is 5. The number of hydrogen-bond donors (Lipinski definition) is 2. The number of hydrogen-bond acceptors (Lipinski definition) is 3. The Morgan fingerprint density at radius 1 is 1.11 bits per heavy atom. The largest absolute Gasteiger partial charge is 0.381 e. The topological polar surface area (TPSA) is 67.4 Å². The molecule has 1 aliphatic heterocycles. The van der Waals surface area contributed by atoms with Crippen molar-refractivity contribution in [2.75, 3.05) is 18.5 Å². The summed E-state index contributed by atoms with van der Waals surface area (Å²) >= 11 is 3.45. The second-order valence-electron chi connectivity index (χ2n) is 6.77. The van der Waals surface area contributed by atoms with Crippen molar-refractivity contribution in [1.82, 2.24) is 5.32 Å². The number of amides is 2. The van der Waals surface area contributed by atoms with Crippen LogP contribution in [0.2, 0.25) is 0 Å². The van der Waals surface area contributed by atoms with Crippen molar-refractivity contribution < 1.29 is 14.3 Å². The van der Waals surface area contributed by atoms with Crippen LogP contribution in [0.25, 0.3) is 0 Å². The van der Waals surface area contributed by atoms with Gasteiger partial charge in [-0.3, -0.25) is 9.59 Å². The van der Waals surface area contributed by atoms with Crippen molar-refractivity contribution in [2.45, 2.75) is 31.7 Å². The fourth-order valence-corrected chi connectivity index (χ4v) is 3.71. The monoisotopic (exact) mass is 430 g/mol. The lowest BCUT2D eigenvalue weighted by molar-refractivity contribution is -0.130. The van der Waals surface area contributed by atoms with Gasteiger partial charge >= 0.3 is 0 Å². The Bertz CT molecular complexity index is 814. The van der Waals surface area contributed by atoms with E-state index in [1.807, 2.05) is 48.5 Å². The molecule has 142 valence electrons. The van der Waals surface area contributed by atoms with E-state index in [1.54, 1.807) is 0 Å². The summed E-state index contributed by atoms with van der Waals surface area (Å²) in [6.45, 7) is 3.02. The summed E-state index contributed by atoms with van der Waals surface area (Å²) in [5, 5.41) is 5.85. The standard InChI is InChI=1S/C21H23BrN2O3/c1-15(25)24-19-4-2-3-16(13-19)14-23-20(26)21(9-11-27-12-10-21)17-5-7-18(22)8-6-17/h2-8,13H,9-12,14H2,1H3,(H,23,26)(H,24,25). The summed E-state index contributed by atoms with van der Waals surface area (Å²) in [5.74, 6) is -0.106. The normalized spacial score (nSPS) is 15.8. The molecule has 2 N–H and O–H groups in total. The number of halogens is 1. The second kappa shape index (κ2) is 8.67.